The zero-order valence-corrected chi connectivity index (χ0v) is 11.5. The van der Waals surface area contributed by atoms with Crippen LogP contribution in [0.5, 0.6) is 0 Å². The topological polar surface area (TPSA) is 29.1 Å². The molecular formula is C13H18BrNO. The highest BCUT2D eigenvalue weighted by Gasteiger charge is 2.20. The summed E-state index contributed by atoms with van der Waals surface area (Å²) in [4.78, 5) is 11.7. The van der Waals surface area contributed by atoms with Crippen molar-refractivity contribution < 1.29 is 4.79 Å². The maximum absolute atomic E-state index is 11.8. The second-order valence-electron chi connectivity index (χ2n) is 4.29. The molecule has 1 aromatic carbocycles. The molecule has 0 saturated heterocycles. The van der Waals surface area contributed by atoms with Gasteiger partial charge in [0.2, 0.25) is 5.91 Å². The first-order valence-corrected chi connectivity index (χ1v) is 6.43. The van der Waals surface area contributed by atoms with E-state index in [4.69, 9.17) is 0 Å². The van der Waals surface area contributed by atoms with Gasteiger partial charge < -0.3 is 5.32 Å². The van der Waals surface area contributed by atoms with Gasteiger partial charge in [-0.15, -0.1) is 0 Å². The first-order valence-electron chi connectivity index (χ1n) is 5.51. The van der Waals surface area contributed by atoms with E-state index in [2.05, 4.69) is 21.2 Å². The molecule has 1 aromatic rings. The van der Waals surface area contributed by atoms with Gasteiger partial charge in [0.05, 0.1) is 10.9 Å². The summed E-state index contributed by atoms with van der Waals surface area (Å²) in [6, 6.07) is 10.0. The fourth-order valence-electron chi connectivity index (χ4n) is 1.42. The van der Waals surface area contributed by atoms with Gasteiger partial charge in [0.15, 0.2) is 0 Å². The van der Waals surface area contributed by atoms with Crippen LogP contribution in [0.25, 0.3) is 0 Å². The molecule has 0 aromatic heterocycles. The molecule has 1 rings (SSSR count). The quantitative estimate of drug-likeness (QED) is 0.845. The molecule has 0 aliphatic heterocycles. The van der Waals surface area contributed by atoms with E-state index in [-0.39, 0.29) is 16.8 Å². The van der Waals surface area contributed by atoms with Gasteiger partial charge in [-0.1, -0.05) is 60.1 Å². The Hall–Kier alpha value is -0.830. The Balaban J connectivity index is 2.58. The highest BCUT2D eigenvalue weighted by Crippen LogP contribution is 2.16. The molecule has 16 heavy (non-hydrogen) atoms. The Bertz CT molecular complexity index is 337. The Labute approximate surface area is 106 Å². The number of benzene rings is 1. The van der Waals surface area contributed by atoms with Gasteiger partial charge in [-0.05, 0) is 18.4 Å². The number of rotatable bonds is 4. The number of nitrogens with one attached hydrogen (secondary N) is 1. The van der Waals surface area contributed by atoms with Crippen molar-refractivity contribution in [2.45, 2.75) is 31.6 Å². The van der Waals surface area contributed by atoms with E-state index in [9.17, 15) is 4.79 Å². The van der Waals surface area contributed by atoms with Crippen molar-refractivity contribution in [1.29, 1.82) is 0 Å². The van der Waals surface area contributed by atoms with Crippen LogP contribution < -0.4 is 5.32 Å². The average Bonchev–Trinajstić information content (AvgIpc) is 2.28. The second-order valence-corrected chi connectivity index (χ2v) is 5.27. The van der Waals surface area contributed by atoms with Crippen molar-refractivity contribution in [2.24, 2.45) is 5.92 Å². The van der Waals surface area contributed by atoms with Crippen LogP contribution in [0.4, 0.5) is 0 Å². The summed E-state index contributed by atoms with van der Waals surface area (Å²) in [5, 5.41) is 2.99. The minimum atomic E-state index is -0.126. The van der Waals surface area contributed by atoms with E-state index in [1.54, 1.807) is 0 Å². The van der Waals surface area contributed by atoms with Crippen molar-refractivity contribution in [2.75, 3.05) is 0 Å². The van der Waals surface area contributed by atoms with Crippen molar-refractivity contribution in [3.8, 4) is 0 Å². The maximum Gasteiger partial charge on any atom is 0.234 e. The number of hydrogen-bond acceptors (Lipinski definition) is 1. The zero-order valence-electron chi connectivity index (χ0n) is 9.91. The van der Waals surface area contributed by atoms with E-state index in [0.29, 0.717) is 5.92 Å². The molecule has 1 N–H and O–H groups in total. The first-order chi connectivity index (χ1) is 7.52. The van der Waals surface area contributed by atoms with Crippen LogP contribution in [0, 0.1) is 5.92 Å². The van der Waals surface area contributed by atoms with E-state index in [1.807, 2.05) is 51.1 Å². The first kappa shape index (κ1) is 13.2. The molecule has 0 saturated carbocycles. The van der Waals surface area contributed by atoms with Crippen LogP contribution in [0.2, 0.25) is 0 Å². The molecule has 2 atom stereocenters. The lowest BCUT2D eigenvalue weighted by Crippen LogP contribution is -2.35. The molecule has 0 heterocycles. The molecule has 3 heteroatoms. The molecule has 0 aliphatic rings. The third kappa shape index (κ3) is 3.63. The largest absolute Gasteiger partial charge is 0.349 e. The smallest absolute Gasteiger partial charge is 0.234 e. The molecule has 0 fully saturated rings. The molecule has 0 radical (unpaired) electrons. The number of amides is 1. The Morgan fingerprint density at radius 1 is 1.19 bits per heavy atom. The standard InChI is InChI=1S/C13H18BrNO/c1-9(2)12(14)13(16)15-10(3)11-7-5-4-6-8-11/h4-10,12H,1-3H3,(H,15,16)/t10-,12+/m0/s1. The van der Waals surface area contributed by atoms with Crippen molar-refractivity contribution >= 4 is 21.8 Å². The molecule has 88 valence electrons. The zero-order chi connectivity index (χ0) is 12.1. The molecule has 2 nitrogen and oxygen atoms in total. The summed E-state index contributed by atoms with van der Waals surface area (Å²) < 4.78 is 0. The number of alkyl halides is 1. The van der Waals surface area contributed by atoms with Crippen LogP contribution in [0.15, 0.2) is 30.3 Å². The molecular weight excluding hydrogens is 266 g/mol. The van der Waals surface area contributed by atoms with Crippen LogP contribution in [-0.4, -0.2) is 10.7 Å². The van der Waals surface area contributed by atoms with Crippen LogP contribution in [-0.2, 0) is 4.79 Å². The predicted molar refractivity (Wildman–Crippen MR) is 70.6 cm³/mol. The monoisotopic (exact) mass is 283 g/mol. The fourth-order valence-corrected chi connectivity index (χ4v) is 1.55. The lowest BCUT2D eigenvalue weighted by molar-refractivity contribution is -0.121. The summed E-state index contributed by atoms with van der Waals surface area (Å²) in [6.07, 6.45) is 0. The van der Waals surface area contributed by atoms with Gasteiger partial charge in [0, 0.05) is 0 Å². The minimum absolute atomic E-state index is 0.0475. The van der Waals surface area contributed by atoms with Gasteiger partial charge in [0.1, 0.15) is 0 Å². The van der Waals surface area contributed by atoms with Gasteiger partial charge >= 0.3 is 0 Å². The SMILES string of the molecule is CC(C)[C@@H](Br)C(=O)N[C@@H](C)c1ccccc1. The summed E-state index contributed by atoms with van der Waals surface area (Å²) in [6.45, 7) is 6.03. The Kier molecular flexibility index (Phi) is 5.00. The van der Waals surface area contributed by atoms with Gasteiger partial charge in [-0.2, -0.15) is 0 Å². The molecule has 0 bridgehead atoms. The highest BCUT2D eigenvalue weighted by atomic mass is 79.9. The van der Waals surface area contributed by atoms with Crippen molar-refractivity contribution in [1.82, 2.24) is 5.32 Å². The summed E-state index contributed by atoms with van der Waals surface area (Å²) in [5.74, 6) is 0.342. The van der Waals surface area contributed by atoms with Gasteiger partial charge in [-0.25, -0.2) is 0 Å². The Morgan fingerprint density at radius 3 is 2.25 bits per heavy atom. The van der Waals surface area contributed by atoms with E-state index in [1.165, 1.54) is 0 Å². The third-order valence-corrected chi connectivity index (χ3v) is 3.97. The van der Waals surface area contributed by atoms with Crippen molar-refractivity contribution in [3.63, 3.8) is 0 Å². The highest BCUT2D eigenvalue weighted by molar-refractivity contribution is 9.10. The van der Waals surface area contributed by atoms with Crippen molar-refractivity contribution in [3.05, 3.63) is 35.9 Å². The lowest BCUT2D eigenvalue weighted by Gasteiger charge is -2.18. The predicted octanol–water partition coefficient (Wildman–Crippen LogP) is 3.28. The van der Waals surface area contributed by atoms with E-state index in [0.717, 1.165) is 5.56 Å². The molecule has 1 amide bonds. The molecule has 0 unspecified atom stereocenters. The Morgan fingerprint density at radius 2 is 1.75 bits per heavy atom. The molecule has 0 aliphatic carbocycles. The minimum Gasteiger partial charge on any atom is -0.349 e. The van der Waals surface area contributed by atoms with E-state index < -0.39 is 0 Å². The van der Waals surface area contributed by atoms with Crippen LogP contribution >= 0.6 is 15.9 Å². The van der Waals surface area contributed by atoms with Crippen LogP contribution in [0.3, 0.4) is 0 Å². The average molecular weight is 284 g/mol. The number of carbonyl (C=O) groups excluding carboxylic acids is 1. The lowest BCUT2D eigenvalue weighted by atomic mass is 10.1. The number of halogens is 1. The number of hydrogen-bond donors (Lipinski definition) is 1. The summed E-state index contributed by atoms with van der Waals surface area (Å²) in [7, 11) is 0. The van der Waals surface area contributed by atoms with Gasteiger partial charge in [-0.3, -0.25) is 4.79 Å². The maximum atomic E-state index is 11.8. The van der Waals surface area contributed by atoms with Gasteiger partial charge in [0.25, 0.3) is 0 Å². The molecule has 0 spiro atoms. The number of carbonyl (C=O) groups is 1. The normalized spacial score (nSPS) is 14.6. The third-order valence-electron chi connectivity index (χ3n) is 2.49. The summed E-state index contributed by atoms with van der Waals surface area (Å²) in [5.41, 5.74) is 1.12. The fraction of sp³-hybridized carbons (Fsp3) is 0.462. The summed E-state index contributed by atoms with van der Waals surface area (Å²) >= 11 is 3.40. The van der Waals surface area contributed by atoms with E-state index >= 15 is 0 Å². The second kappa shape index (κ2) is 6.04. The van der Waals surface area contributed by atoms with Crippen LogP contribution in [0.1, 0.15) is 32.4 Å².